The third-order valence-corrected chi connectivity index (χ3v) is 2.57. The molecule has 0 unspecified atom stereocenters. The number of rotatable bonds is 3. The molecule has 2 N–H and O–H groups in total. The fourth-order valence-corrected chi connectivity index (χ4v) is 1.71. The molecule has 0 aliphatic rings. The van der Waals surface area contributed by atoms with E-state index in [4.69, 9.17) is 5.11 Å². The van der Waals surface area contributed by atoms with Crippen molar-refractivity contribution in [2.45, 2.75) is 6.92 Å². The first-order valence-corrected chi connectivity index (χ1v) is 5.69. The first-order valence-electron chi connectivity index (χ1n) is 4.81. The van der Waals surface area contributed by atoms with Crippen LogP contribution in [0.5, 0.6) is 0 Å². The number of thiophene rings is 1. The molecule has 1 rings (SSSR count). The monoisotopic (exact) mass is 249 g/mol. The Balaban J connectivity index is 2.56. The number of carboxylic acid groups (broad SMARTS) is 1. The van der Waals surface area contributed by atoms with Gasteiger partial charge in [-0.15, -0.1) is 11.3 Å². The summed E-state index contributed by atoms with van der Waals surface area (Å²) in [5.41, 5.74) is 0.811. The van der Waals surface area contributed by atoms with Crippen molar-refractivity contribution >= 4 is 29.3 Å². The zero-order chi connectivity index (χ0) is 12.7. The molecule has 0 atom stereocenters. The molecule has 4 nitrogen and oxygen atoms in total. The van der Waals surface area contributed by atoms with Crippen molar-refractivity contribution in [1.29, 1.82) is 0 Å². The van der Waals surface area contributed by atoms with E-state index < -0.39 is 5.97 Å². The van der Waals surface area contributed by atoms with Crippen molar-refractivity contribution in [3.8, 4) is 11.8 Å². The minimum absolute atomic E-state index is 0.116. The number of amides is 1. The van der Waals surface area contributed by atoms with Gasteiger partial charge in [0.25, 0.3) is 0 Å². The predicted octanol–water partition coefficient (Wildman–Crippen LogP) is 1.33. The molecule has 0 saturated carbocycles. The van der Waals surface area contributed by atoms with Crippen molar-refractivity contribution in [2.24, 2.45) is 0 Å². The maximum Gasteiger partial charge on any atom is 0.328 e. The summed E-state index contributed by atoms with van der Waals surface area (Å²) in [5.74, 6) is 4.58. The number of nitrogens with one attached hydrogen (secondary N) is 1. The van der Waals surface area contributed by atoms with Crippen molar-refractivity contribution in [3.05, 3.63) is 28.0 Å². The van der Waals surface area contributed by atoms with Crippen LogP contribution in [0.25, 0.3) is 6.08 Å². The summed E-state index contributed by atoms with van der Waals surface area (Å²) in [5, 5.41) is 12.9. The highest BCUT2D eigenvalue weighted by Crippen LogP contribution is 2.15. The summed E-state index contributed by atoms with van der Waals surface area (Å²) in [6, 6.07) is 1.80. The highest BCUT2D eigenvalue weighted by atomic mass is 32.1. The quantitative estimate of drug-likeness (QED) is 0.627. The molecule has 0 fully saturated rings. The maximum absolute atomic E-state index is 10.6. The predicted molar refractivity (Wildman–Crippen MR) is 66.6 cm³/mol. The lowest BCUT2D eigenvalue weighted by molar-refractivity contribution is -0.131. The van der Waals surface area contributed by atoms with Gasteiger partial charge in [-0.2, -0.15) is 0 Å². The van der Waals surface area contributed by atoms with Gasteiger partial charge in [-0.1, -0.05) is 11.8 Å². The SMILES string of the molecule is CC(=O)NCC#Cc1csc(/C=C/C(=O)O)c1. The van der Waals surface area contributed by atoms with Gasteiger partial charge in [0.15, 0.2) is 0 Å². The minimum Gasteiger partial charge on any atom is -0.478 e. The molecule has 0 aliphatic heterocycles. The summed E-state index contributed by atoms with van der Waals surface area (Å²) in [6.45, 7) is 1.74. The van der Waals surface area contributed by atoms with E-state index in [0.717, 1.165) is 16.5 Å². The average molecular weight is 249 g/mol. The van der Waals surface area contributed by atoms with Crippen LogP contribution in [0.1, 0.15) is 17.4 Å². The van der Waals surface area contributed by atoms with Gasteiger partial charge in [0.05, 0.1) is 6.54 Å². The van der Waals surface area contributed by atoms with Gasteiger partial charge in [-0.05, 0) is 12.1 Å². The first-order chi connectivity index (χ1) is 8.08. The normalized spacial score (nSPS) is 9.71. The lowest BCUT2D eigenvalue weighted by Gasteiger charge is -1.90. The van der Waals surface area contributed by atoms with Gasteiger partial charge < -0.3 is 10.4 Å². The molecule has 0 radical (unpaired) electrons. The second-order valence-corrected chi connectivity index (χ2v) is 4.06. The van der Waals surface area contributed by atoms with Crippen molar-refractivity contribution in [3.63, 3.8) is 0 Å². The Morgan fingerprint density at radius 3 is 3.00 bits per heavy atom. The Hall–Kier alpha value is -2.06. The highest BCUT2D eigenvalue weighted by molar-refractivity contribution is 7.11. The smallest absolute Gasteiger partial charge is 0.328 e. The Morgan fingerprint density at radius 1 is 1.59 bits per heavy atom. The van der Waals surface area contributed by atoms with Gasteiger partial charge in [0.2, 0.25) is 5.91 Å². The van der Waals surface area contributed by atoms with Gasteiger partial charge >= 0.3 is 5.97 Å². The van der Waals surface area contributed by atoms with Crippen molar-refractivity contribution in [1.82, 2.24) is 5.32 Å². The van der Waals surface area contributed by atoms with Gasteiger partial charge in [0.1, 0.15) is 0 Å². The first kappa shape index (κ1) is 13.0. The molecule has 0 bridgehead atoms. The van der Waals surface area contributed by atoms with Crippen LogP contribution >= 0.6 is 11.3 Å². The van der Waals surface area contributed by atoms with E-state index in [1.165, 1.54) is 24.3 Å². The lowest BCUT2D eigenvalue weighted by Crippen LogP contribution is -2.19. The summed E-state index contributed by atoms with van der Waals surface area (Å²) >= 11 is 1.42. The largest absolute Gasteiger partial charge is 0.478 e. The van der Waals surface area contributed by atoms with Gasteiger partial charge in [0, 0.05) is 28.8 Å². The Labute approximate surface area is 103 Å². The molecule has 88 valence electrons. The van der Waals surface area contributed by atoms with E-state index >= 15 is 0 Å². The highest BCUT2D eigenvalue weighted by Gasteiger charge is 1.94. The van der Waals surface area contributed by atoms with E-state index in [2.05, 4.69) is 17.2 Å². The van der Waals surface area contributed by atoms with Crippen molar-refractivity contribution < 1.29 is 14.7 Å². The molecule has 0 saturated heterocycles. The number of carbonyl (C=O) groups excluding carboxylic acids is 1. The average Bonchev–Trinajstić information content (AvgIpc) is 2.69. The Bertz CT molecular complexity index is 505. The number of hydrogen-bond acceptors (Lipinski definition) is 3. The van der Waals surface area contributed by atoms with E-state index in [1.54, 1.807) is 6.07 Å². The molecule has 5 heteroatoms. The second-order valence-electron chi connectivity index (χ2n) is 3.12. The van der Waals surface area contributed by atoms with Crippen LogP contribution in [0.15, 0.2) is 17.5 Å². The van der Waals surface area contributed by atoms with Gasteiger partial charge in [-0.25, -0.2) is 4.79 Å². The van der Waals surface area contributed by atoms with E-state index in [0.29, 0.717) is 6.54 Å². The third-order valence-electron chi connectivity index (χ3n) is 1.67. The summed E-state index contributed by atoms with van der Waals surface area (Å²) in [7, 11) is 0. The van der Waals surface area contributed by atoms with Gasteiger partial charge in [-0.3, -0.25) is 4.79 Å². The molecule has 0 spiro atoms. The third kappa shape index (κ3) is 5.54. The number of hydrogen-bond donors (Lipinski definition) is 2. The fourth-order valence-electron chi connectivity index (χ4n) is 0.974. The zero-order valence-corrected chi connectivity index (χ0v) is 10.0. The fraction of sp³-hybridized carbons (Fsp3) is 0.167. The van der Waals surface area contributed by atoms with Crippen LogP contribution in [-0.2, 0) is 9.59 Å². The number of carbonyl (C=O) groups is 2. The zero-order valence-electron chi connectivity index (χ0n) is 9.19. The molecule has 17 heavy (non-hydrogen) atoms. The number of aliphatic carboxylic acids is 1. The van der Waals surface area contributed by atoms with Crippen LogP contribution in [-0.4, -0.2) is 23.5 Å². The molecular formula is C12H11NO3S. The second kappa shape index (κ2) is 6.51. The Morgan fingerprint density at radius 2 is 2.35 bits per heavy atom. The molecule has 1 heterocycles. The van der Waals surface area contributed by atoms with Crippen LogP contribution in [0.2, 0.25) is 0 Å². The standard InChI is InChI=1S/C12H11NO3S/c1-9(14)13-6-2-3-10-7-11(17-8-10)4-5-12(15)16/h4-5,7-8H,6H2,1H3,(H,13,14)(H,15,16)/b5-4+. The van der Waals surface area contributed by atoms with E-state index in [9.17, 15) is 9.59 Å². The van der Waals surface area contributed by atoms with Crippen LogP contribution < -0.4 is 5.32 Å². The van der Waals surface area contributed by atoms with E-state index in [1.807, 2.05) is 5.38 Å². The summed E-state index contributed by atoms with van der Waals surface area (Å²) in [4.78, 5) is 21.7. The molecular weight excluding hydrogens is 238 g/mol. The topological polar surface area (TPSA) is 66.4 Å². The molecule has 0 aliphatic carbocycles. The Kier molecular flexibility index (Phi) is 4.98. The lowest BCUT2D eigenvalue weighted by atomic mass is 10.3. The van der Waals surface area contributed by atoms with Crippen molar-refractivity contribution in [2.75, 3.05) is 6.54 Å². The molecule has 1 amide bonds. The maximum atomic E-state index is 10.6. The number of carboxylic acids is 1. The van der Waals surface area contributed by atoms with Crippen LogP contribution in [0, 0.1) is 11.8 Å². The van der Waals surface area contributed by atoms with E-state index in [-0.39, 0.29) is 5.91 Å². The van der Waals surface area contributed by atoms with Crippen LogP contribution in [0.3, 0.4) is 0 Å². The molecule has 0 aromatic carbocycles. The van der Waals surface area contributed by atoms with Crippen LogP contribution in [0.4, 0.5) is 0 Å². The summed E-state index contributed by atoms with van der Waals surface area (Å²) in [6.07, 6.45) is 2.60. The minimum atomic E-state index is -0.975. The molecule has 1 aromatic rings. The summed E-state index contributed by atoms with van der Waals surface area (Å²) < 4.78 is 0. The molecule has 1 aromatic heterocycles.